The lowest BCUT2D eigenvalue weighted by molar-refractivity contribution is 0.0270. The van der Waals surface area contributed by atoms with Gasteiger partial charge in [-0.3, -0.25) is 14.6 Å². The first kappa shape index (κ1) is 16.3. The molecule has 1 amide bonds. The van der Waals surface area contributed by atoms with Gasteiger partial charge in [0.1, 0.15) is 0 Å². The summed E-state index contributed by atoms with van der Waals surface area (Å²) in [6, 6.07) is 3.84. The van der Waals surface area contributed by atoms with Crippen LogP contribution in [0.1, 0.15) is 28.8 Å². The number of carbonyl (C=O) groups excluding carboxylic acids is 1. The molecule has 0 bridgehead atoms. The molecule has 1 aliphatic rings. The molecule has 1 fully saturated rings. The highest BCUT2D eigenvalue weighted by Gasteiger charge is 2.23. The van der Waals surface area contributed by atoms with Crippen molar-refractivity contribution in [1.29, 1.82) is 0 Å². The minimum absolute atomic E-state index is 0.0482. The summed E-state index contributed by atoms with van der Waals surface area (Å²) in [5.74, 6) is -2.35. The Balaban J connectivity index is 1.84. The quantitative estimate of drug-likeness (QED) is 0.795. The molecule has 0 saturated heterocycles. The number of halogens is 2. The first-order valence-electron chi connectivity index (χ1n) is 7.64. The van der Waals surface area contributed by atoms with Crippen LogP contribution in [0, 0.1) is 24.5 Å². The molecule has 5 nitrogen and oxygen atoms in total. The third-order valence-electron chi connectivity index (χ3n) is 3.82. The molecule has 0 aliphatic heterocycles. The predicted molar refractivity (Wildman–Crippen MR) is 84.8 cm³/mol. The lowest BCUT2D eigenvalue weighted by atomic mass is 10.1. The van der Waals surface area contributed by atoms with Crippen molar-refractivity contribution in [2.24, 2.45) is 5.92 Å². The average Bonchev–Trinajstić information content (AvgIpc) is 3.38. The number of nitrogens with zero attached hydrogens (tertiary/aromatic N) is 1. The first-order chi connectivity index (χ1) is 11.6. The van der Waals surface area contributed by atoms with Gasteiger partial charge in [-0.1, -0.05) is 0 Å². The van der Waals surface area contributed by atoms with Gasteiger partial charge in [0.15, 0.2) is 11.6 Å². The summed E-state index contributed by atoms with van der Waals surface area (Å²) >= 11 is 0. The summed E-state index contributed by atoms with van der Waals surface area (Å²) in [4.78, 5) is 21.3. The first-order valence-corrected chi connectivity index (χ1v) is 7.64. The molecule has 24 heavy (non-hydrogen) atoms. The second-order valence-corrected chi connectivity index (χ2v) is 5.79. The number of hydrogen-bond acceptors (Lipinski definition) is 4. The zero-order valence-electron chi connectivity index (χ0n) is 13.1. The van der Waals surface area contributed by atoms with Crippen molar-refractivity contribution in [3.8, 4) is 0 Å². The number of pyridine rings is 1. The number of benzene rings is 1. The summed E-state index contributed by atoms with van der Waals surface area (Å²) in [7, 11) is 0. The van der Waals surface area contributed by atoms with Gasteiger partial charge in [-0.15, -0.1) is 0 Å². The Hall–Kier alpha value is -2.54. The largest absolute Gasteiger partial charge is 0.351 e. The molecule has 2 aromatic rings. The van der Waals surface area contributed by atoms with Gasteiger partial charge in [0, 0.05) is 6.20 Å². The number of anilines is 2. The number of rotatable bonds is 6. The van der Waals surface area contributed by atoms with Crippen LogP contribution in [0.4, 0.5) is 20.2 Å². The number of nitrogens with one attached hydrogen (secondary N) is 2. The van der Waals surface area contributed by atoms with Gasteiger partial charge in [-0.05, 0) is 49.4 Å². The van der Waals surface area contributed by atoms with Crippen LogP contribution in [0.2, 0.25) is 0 Å². The van der Waals surface area contributed by atoms with Gasteiger partial charge in [0.25, 0.3) is 5.91 Å². The second kappa shape index (κ2) is 6.92. The lowest BCUT2D eigenvalue weighted by Crippen LogP contribution is -2.26. The van der Waals surface area contributed by atoms with E-state index in [-0.39, 0.29) is 11.3 Å². The third kappa shape index (κ3) is 3.68. The molecule has 0 radical (unpaired) electrons. The Kier molecular flexibility index (Phi) is 4.71. The Morgan fingerprint density at radius 2 is 2.12 bits per heavy atom. The van der Waals surface area contributed by atoms with Crippen LogP contribution >= 0.6 is 0 Å². The highest BCUT2D eigenvalue weighted by molar-refractivity contribution is 6.00. The number of aromatic nitrogens is 1. The Morgan fingerprint density at radius 1 is 1.33 bits per heavy atom. The van der Waals surface area contributed by atoms with E-state index in [1.165, 1.54) is 12.3 Å². The van der Waals surface area contributed by atoms with E-state index in [0.717, 1.165) is 24.5 Å². The van der Waals surface area contributed by atoms with Gasteiger partial charge in [0.05, 0.1) is 29.7 Å². The molecule has 3 rings (SSSR count). The number of hydroxylamine groups is 1. The lowest BCUT2D eigenvalue weighted by Gasteiger charge is -2.14. The minimum Gasteiger partial charge on any atom is -0.351 e. The van der Waals surface area contributed by atoms with Gasteiger partial charge < -0.3 is 5.32 Å². The van der Waals surface area contributed by atoms with Crippen LogP contribution in [0.5, 0.6) is 0 Å². The van der Waals surface area contributed by atoms with E-state index in [2.05, 4.69) is 15.8 Å². The Morgan fingerprint density at radius 3 is 2.83 bits per heavy atom. The number of amides is 1. The average molecular weight is 333 g/mol. The van der Waals surface area contributed by atoms with E-state index < -0.39 is 17.5 Å². The normalized spacial score (nSPS) is 13.6. The summed E-state index contributed by atoms with van der Waals surface area (Å²) in [6.07, 6.45) is 5.22. The number of hydrogen-bond donors (Lipinski definition) is 2. The van der Waals surface area contributed by atoms with E-state index in [1.807, 2.05) is 0 Å². The molecular weight excluding hydrogens is 316 g/mol. The van der Waals surface area contributed by atoms with E-state index in [1.54, 1.807) is 19.2 Å². The fourth-order valence-corrected chi connectivity index (χ4v) is 2.16. The summed E-state index contributed by atoms with van der Waals surface area (Å²) in [6.45, 7) is 2.21. The SMILES string of the molecule is Cc1ccncc1Nc1c(C(=O)NOCC2CC2)ccc(F)c1F. The molecule has 0 spiro atoms. The van der Waals surface area contributed by atoms with Crippen LogP contribution in [-0.4, -0.2) is 17.5 Å². The monoisotopic (exact) mass is 333 g/mol. The molecule has 1 aromatic carbocycles. The highest BCUT2D eigenvalue weighted by Crippen LogP contribution is 2.29. The van der Waals surface area contributed by atoms with Crippen LogP contribution in [0.15, 0.2) is 30.6 Å². The summed E-state index contributed by atoms with van der Waals surface area (Å²) in [5.41, 5.74) is 3.24. The molecule has 1 aromatic heterocycles. The standard InChI is InChI=1S/C17H17F2N3O2/c1-10-6-7-20-8-14(10)21-16-12(4-5-13(18)15(16)19)17(23)22-24-9-11-2-3-11/h4-8,11,21H,2-3,9H2,1H3,(H,22,23). The summed E-state index contributed by atoms with van der Waals surface area (Å²) < 4.78 is 27.8. The Bertz CT molecular complexity index is 763. The smallest absolute Gasteiger partial charge is 0.277 e. The molecule has 0 unspecified atom stereocenters. The number of carbonyl (C=O) groups is 1. The van der Waals surface area contributed by atoms with Gasteiger partial charge in [0.2, 0.25) is 0 Å². The van der Waals surface area contributed by atoms with Crippen molar-refractivity contribution >= 4 is 17.3 Å². The third-order valence-corrected chi connectivity index (χ3v) is 3.82. The Labute approximate surface area is 138 Å². The van der Waals surface area contributed by atoms with Gasteiger partial charge >= 0.3 is 0 Å². The van der Waals surface area contributed by atoms with E-state index >= 15 is 0 Å². The maximum atomic E-state index is 14.2. The fourth-order valence-electron chi connectivity index (χ4n) is 2.16. The zero-order valence-corrected chi connectivity index (χ0v) is 13.1. The maximum absolute atomic E-state index is 14.2. The van der Waals surface area contributed by atoms with Crippen molar-refractivity contribution in [2.45, 2.75) is 19.8 Å². The van der Waals surface area contributed by atoms with Crippen molar-refractivity contribution in [1.82, 2.24) is 10.5 Å². The van der Waals surface area contributed by atoms with Crippen LogP contribution in [0.3, 0.4) is 0 Å². The van der Waals surface area contributed by atoms with E-state index in [9.17, 15) is 13.6 Å². The predicted octanol–water partition coefficient (Wildman–Crippen LogP) is 3.48. The molecule has 1 saturated carbocycles. The summed E-state index contributed by atoms with van der Waals surface area (Å²) in [5, 5.41) is 2.75. The van der Waals surface area contributed by atoms with Crippen molar-refractivity contribution in [3.05, 3.63) is 53.4 Å². The molecule has 2 N–H and O–H groups in total. The van der Waals surface area contributed by atoms with E-state index in [0.29, 0.717) is 18.2 Å². The molecule has 0 atom stereocenters. The maximum Gasteiger partial charge on any atom is 0.277 e. The second-order valence-electron chi connectivity index (χ2n) is 5.79. The molecule has 1 heterocycles. The highest BCUT2D eigenvalue weighted by atomic mass is 19.2. The zero-order chi connectivity index (χ0) is 17.1. The minimum atomic E-state index is -1.13. The number of aryl methyl sites for hydroxylation is 1. The van der Waals surface area contributed by atoms with E-state index in [4.69, 9.17) is 4.84 Å². The molecule has 1 aliphatic carbocycles. The molecule has 7 heteroatoms. The van der Waals surface area contributed by atoms with Crippen LogP contribution < -0.4 is 10.8 Å². The molecule has 126 valence electrons. The fraction of sp³-hybridized carbons (Fsp3) is 0.294. The van der Waals surface area contributed by atoms with Crippen molar-refractivity contribution < 1.29 is 18.4 Å². The molecular formula is C17H17F2N3O2. The van der Waals surface area contributed by atoms with Crippen LogP contribution in [-0.2, 0) is 4.84 Å². The van der Waals surface area contributed by atoms with Gasteiger partial charge in [-0.25, -0.2) is 14.3 Å². The van der Waals surface area contributed by atoms with Crippen molar-refractivity contribution in [2.75, 3.05) is 11.9 Å². The van der Waals surface area contributed by atoms with Gasteiger partial charge in [-0.2, -0.15) is 0 Å². The van der Waals surface area contributed by atoms with Crippen LogP contribution in [0.25, 0.3) is 0 Å². The topological polar surface area (TPSA) is 63.2 Å². The van der Waals surface area contributed by atoms with Crippen molar-refractivity contribution in [3.63, 3.8) is 0 Å².